The Hall–Kier alpha value is -2.08. The van der Waals surface area contributed by atoms with Crippen molar-refractivity contribution in [1.29, 1.82) is 0 Å². The maximum Gasteiger partial charge on any atom is 0.222 e. The number of hydrogen-bond donors (Lipinski definition) is 2. The zero-order valence-electron chi connectivity index (χ0n) is 18.1. The van der Waals surface area contributed by atoms with E-state index in [2.05, 4.69) is 46.7 Å². The van der Waals surface area contributed by atoms with E-state index in [9.17, 15) is 4.79 Å². The number of carbonyl (C=O) groups excluding carboxylic acids is 1. The number of likely N-dealkylation sites (tertiary alicyclic amines) is 2. The fraction of sp³-hybridized carbons (Fsp3) is 0.652. The van der Waals surface area contributed by atoms with Gasteiger partial charge < -0.3 is 15.5 Å². The third-order valence-electron chi connectivity index (χ3n) is 5.93. The number of amides is 1. The lowest BCUT2D eigenvalue weighted by Gasteiger charge is -2.31. The normalized spacial score (nSPS) is 21.7. The molecule has 0 aromatic heterocycles. The maximum absolute atomic E-state index is 11.7. The van der Waals surface area contributed by atoms with Crippen LogP contribution in [0.4, 0.5) is 0 Å². The number of hydrogen-bond acceptors (Lipinski definition) is 3. The minimum Gasteiger partial charge on any atom is -0.357 e. The number of guanidine groups is 1. The van der Waals surface area contributed by atoms with E-state index in [1.165, 1.54) is 49.9 Å². The molecular formula is C23H37N5O. The number of likely N-dealkylation sites (N-methyl/N-ethyl adjacent to an activating group) is 1. The Bertz CT molecular complexity index is 682. The summed E-state index contributed by atoms with van der Waals surface area (Å²) in [4.78, 5) is 21.0. The first-order valence-electron chi connectivity index (χ1n) is 11.2. The highest BCUT2D eigenvalue weighted by Gasteiger charge is 2.23. The molecule has 6 nitrogen and oxygen atoms in total. The van der Waals surface area contributed by atoms with E-state index in [1.807, 2.05) is 7.05 Å². The van der Waals surface area contributed by atoms with Crippen LogP contribution in [0, 0.1) is 0 Å². The van der Waals surface area contributed by atoms with Crippen molar-refractivity contribution in [1.82, 2.24) is 20.4 Å². The van der Waals surface area contributed by atoms with Crippen LogP contribution in [0.5, 0.6) is 0 Å². The molecule has 160 valence electrons. The minimum atomic E-state index is 0.229. The number of nitrogens with one attached hydrogen (secondary N) is 2. The van der Waals surface area contributed by atoms with Gasteiger partial charge in [0.1, 0.15) is 0 Å². The monoisotopic (exact) mass is 399 g/mol. The van der Waals surface area contributed by atoms with Crippen molar-refractivity contribution in [2.45, 2.75) is 64.6 Å². The van der Waals surface area contributed by atoms with Gasteiger partial charge in [-0.05, 0) is 50.4 Å². The van der Waals surface area contributed by atoms with Crippen LogP contribution < -0.4 is 10.6 Å². The molecule has 1 atom stereocenters. The Labute approximate surface area is 175 Å². The molecule has 0 spiro atoms. The molecule has 2 saturated heterocycles. The largest absolute Gasteiger partial charge is 0.357 e. The number of nitrogens with zero attached hydrogens (tertiary/aromatic N) is 3. The van der Waals surface area contributed by atoms with Gasteiger partial charge in [0.2, 0.25) is 5.91 Å². The summed E-state index contributed by atoms with van der Waals surface area (Å²) < 4.78 is 0. The van der Waals surface area contributed by atoms with Gasteiger partial charge in [-0.3, -0.25) is 9.69 Å². The maximum atomic E-state index is 11.7. The van der Waals surface area contributed by atoms with Crippen LogP contribution in [-0.2, 0) is 17.9 Å². The molecule has 29 heavy (non-hydrogen) atoms. The first-order valence-corrected chi connectivity index (χ1v) is 11.2. The van der Waals surface area contributed by atoms with E-state index in [-0.39, 0.29) is 11.9 Å². The summed E-state index contributed by atoms with van der Waals surface area (Å²) in [7, 11) is 1.87. The molecule has 0 aliphatic carbocycles. The molecule has 2 N–H and O–H groups in total. The van der Waals surface area contributed by atoms with Gasteiger partial charge in [-0.25, -0.2) is 4.99 Å². The highest BCUT2D eigenvalue weighted by atomic mass is 16.2. The number of benzene rings is 1. The molecule has 3 rings (SSSR count). The molecule has 2 aliphatic heterocycles. The first kappa shape index (κ1) is 21.6. The van der Waals surface area contributed by atoms with Gasteiger partial charge in [-0.1, -0.05) is 37.1 Å². The second-order valence-electron chi connectivity index (χ2n) is 8.31. The SMILES string of the molecule is CCNC(=NCc1ccccc1CN1CCCCCC1)NC1CCC(=O)N(C)C1. The summed E-state index contributed by atoms with van der Waals surface area (Å²) in [5, 5.41) is 6.88. The average molecular weight is 400 g/mol. The zero-order chi connectivity index (χ0) is 20.5. The van der Waals surface area contributed by atoms with E-state index >= 15 is 0 Å². The van der Waals surface area contributed by atoms with Gasteiger partial charge >= 0.3 is 0 Å². The lowest BCUT2D eigenvalue weighted by atomic mass is 10.1. The summed E-state index contributed by atoms with van der Waals surface area (Å²) in [6, 6.07) is 8.95. The van der Waals surface area contributed by atoms with Gasteiger partial charge in [0.05, 0.1) is 6.54 Å². The molecule has 2 aliphatic rings. The van der Waals surface area contributed by atoms with Crippen LogP contribution in [0.25, 0.3) is 0 Å². The fourth-order valence-corrected chi connectivity index (χ4v) is 4.21. The quantitative estimate of drug-likeness (QED) is 0.570. The van der Waals surface area contributed by atoms with Crippen LogP contribution >= 0.6 is 0 Å². The van der Waals surface area contributed by atoms with Crippen molar-refractivity contribution in [3.8, 4) is 0 Å². The van der Waals surface area contributed by atoms with Gasteiger partial charge in [0.15, 0.2) is 5.96 Å². The molecule has 6 heteroatoms. The van der Waals surface area contributed by atoms with E-state index < -0.39 is 0 Å². The van der Waals surface area contributed by atoms with Crippen LogP contribution in [0.3, 0.4) is 0 Å². The molecule has 1 aromatic rings. The van der Waals surface area contributed by atoms with Gasteiger partial charge in [-0.15, -0.1) is 0 Å². The molecule has 2 heterocycles. The van der Waals surface area contributed by atoms with Gasteiger partial charge in [-0.2, -0.15) is 0 Å². The van der Waals surface area contributed by atoms with Crippen LogP contribution in [0.2, 0.25) is 0 Å². The number of rotatable bonds is 6. The van der Waals surface area contributed by atoms with Crippen molar-refractivity contribution < 1.29 is 4.79 Å². The summed E-state index contributed by atoms with van der Waals surface area (Å²) >= 11 is 0. The highest BCUT2D eigenvalue weighted by molar-refractivity contribution is 5.81. The second-order valence-corrected chi connectivity index (χ2v) is 8.31. The molecule has 0 saturated carbocycles. The molecule has 1 aromatic carbocycles. The summed E-state index contributed by atoms with van der Waals surface area (Å²) in [6.07, 6.45) is 6.82. The lowest BCUT2D eigenvalue weighted by molar-refractivity contribution is -0.132. The van der Waals surface area contributed by atoms with E-state index in [4.69, 9.17) is 4.99 Å². The van der Waals surface area contributed by atoms with E-state index in [1.54, 1.807) is 4.90 Å². The Morgan fingerprint density at radius 2 is 1.86 bits per heavy atom. The second kappa shape index (κ2) is 11.2. The predicted octanol–water partition coefficient (Wildman–Crippen LogP) is 2.74. The van der Waals surface area contributed by atoms with Crippen molar-refractivity contribution >= 4 is 11.9 Å². The van der Waals surface area contributed by atoms with Crippen molar-refractivity contribution in [2.75, 3.05) is 33.2 Å². The highest BCUT2D eigenvalue weighted by Crippen LogP contribution is 2.17. The molecule has 2 fully saturated rings. The third kappa shape index (κ3) is 6.74. The lowest BCUT2D eigenvalue weighted by Crippen LogP contribution is -2.51. The first-order chi connectivity index (χ1) is 14.2. The average Bonchev–Trinajstić information content (AvgIpc) is 2.99. The Balaban J connectivity index is 1.63. The number of aliphatic imine (C=N–C) groups is 1. The van der Waals surface area contributed by atoms with Crippen LogP contribution in [-0.4, -0.2) is 60.9 Å². The van der Waals surface area contributed by atoms with Crippen LogP contribution in [0.15, 0.2) is 29.3 Å². The third-order valence-corrected chi connectivity index (χ3v) is 5.93. The molecule has 0 radical (unpaired) electrons. The van der Waals surface area contributed by atoms with Crippen molar-refractivity contribution in [3.63, 3.8) is 0 Å². The standard InChI is InChI=1S/C23H37N5O/c1-3-24-23(26-21-12-13-22(29)27(2)18-21)25-16-19-10-6-7-11-20(19)17-28-14-8-4-5-9-15-28/h6-7,10-11,21H,3-5,8-9,12-18H2,1-2H3,(H2,24,25,26). The van der Waals surface area contributed by atoms with Crippen molar-refractivity contribution in [3.05, 3.63) is 35.4 Å². The summed E-state index contributed by atoms with van der Waals surface area (Å²) in [5.74, 6) is 1.07. The zero-order valence-corrected chi connectivity index (χ0v) is 18.1. The Morgan fingerprint density at radius 1 is 1.14 bits per heavy atom. The minimum absolute atomic E-state index is 0.229. The summed E-state index contributed by atoms with van der Waals surface area (Å²) in [5.41, 5.74) is 2.68. The predicted molar refractivity (Wildman–Crippen MR) is 119 cm³/mol. The van der Waals surface area contributed by atoms with Gasteiger partial charge in [0, 0.05) is 39.1 Å². The number of carbonyl (C=O) groups is 1. The molecule has 1 amide bonds. The smallest absolute Gasteiger partial charge is 0.222 e. The van der Waals surface area contributed by atoms with E-state index in [0.29, 0.717) is 13.0 Å². The molecular weight excluding hydrogens is 362 g/mol. The van der Waals surface area contributed by atoms with Crippen LogP contribution in [0.1, 0.15) is 56.6 Å². The van der Waals surface area contributed by atoms with E-state index in [0.717, 1.165) is 32.0 Å². The molecule has 1 unspecified atom stereocenters. The topological polar surface area (TPSA) is 60.0 Å². The Kier molecular flexibility index (Phi) is 8.35. The number of piperidine rings is 1. The molecule has 0 bridgehead atoms. The van der Waals surface area contributed by atoms with Crippen molar-refractivity contribution in [2.24, 2.45) is 4.99 Å². The Morgan fingerprint density at radius 3 is 2.55 bits per heavy atom. The fourth-order valence-electron chi connectivity index (χ4n) is 4.21. The summed E-state index contributed by atoms with van der Waals surface area (Å²) in [6.45, 7) is 7.73. The van der Waals surface area contributed by atoms with Gasteiger partial charge in [0.25, 0.3) is 0 Å².